The highest BCUT2D eigenvalue weighted by atomic mass is 32.2. The summed E-state index contributed by atoms with van der Waals surface area (Å²) in [5.74, 6) is 0.180. The maximum Gasteiger partial charge on any atom is 0.319 e. The van der Waals surface area contributed by atoms with E-state index in [-0.39, 0.29) is 11.2 Å². The number of esters is 1. The number of carbonyl (C=O) groups is 1. The van der Waals surface area contributed by atoms with E-state index in [0.717, 1.165) is 11.1 Å². The van der Waals surface area contributed by atoms with E-state index in [1.807, 2.05) is 26.0 Å². The summed E-state index contributed by atoms with van der Waals surface area (Å²) in [4.78, 5) is 11.6. The Morgan fingerprint density at radius 2 is 2.14 bits per heavy atom. The van der Waals surface area contributed by atoms with Crippen LogP contribution in [0.3, 0.4) is 0 Å². The van der Waals surface area contributed by atoms with Gasteiger partial charge in [0.25, 0.3) is 5.22 Å². The molecule has 112 valence electrons. The van der Waals surface area contributed by atoms with Crippen LogP contribution in [-0.2, 0) is 9.53 Å². The highest BCUT2D eigenvalue weighted by Gasteiger charge is 2.20. The Bertz CT molecular complexity index is 640. The normalized spacial score (nSPS) is 12.2. The van der Waals surface area contributed by atoms with E-state index in [2.05, 4.69) is 16.3 Å². The van der Waals surface area contributed by atoms with Crippen LogP contribution in [0, 0.1) is 13.8 Å². The van der Waals surface area contributed by atoms with Gasteiger partial charge < -0.3 is 9.15 Å². The predicted octanol–water partition coefficient (Wildman–Crippen LogP) is 3.40. The number of hydrogen-bond acceptors (Lipinski definition) is 6. The quantitative estimate of drug-likeness (QED) is 0.623. The molecule has 21 heavy (non-hydrogen) atoms. The molecule has 0 amide bonds. The molecule has 1 unspecified atom stereocenters. The first-order valence-corrected chi connectivity index (χ1v) is 7.63. The molecule has 0 spiro atoms. The van der Waals surface area contributed by atoms with Crippen molar-refractivity contribution in [3.63, 3.8) is 0 Å². The predicted molar refractivity (Wildman–Crippen MR) is 81.2 cm³/mol. The lowest BCUT2D eigenvalue weighted by Gasteiger charge is -2.06. The van der Waals surface area contributed by atoms with Crippen LogP contribution in [-0.4, -0.2) is 28.0 Å². The van der Waals surface area contributed by atoms with E-state index in [1.54, 1.807) is 13.8 Å². The summed E-state index contributed by atoms with van der Waals surface area (Å²) in [7, 11) is 0. The van der Waals surface area contributed by atoms with Crippen LogP contribution in [0.4, 0.5) is 0 Å². The second-order valence-electron chi connectivity index (χ2n) is 4.70. The number of carbonyl (C=O) groups excluding carboxylic acids is 1. The van der Waals surface area contributed by atoms with Crippen LogP contribution in [0.2, 0.25) is 0 Å². The standard InChI is InChI=1S/C15H18N2O3S/c1-5-19-14(18)11(4)21-15-17-16-13(20-15)12-7-6-9(2)8-10(12)3/h6-8,11H,5H2,1-4H3. The molecule has 1 aromatic carbocycles. The number of thioether (sulfide) groups is 1. The lowest BCUT2D eigenvalue weighted by molar-refractivity contribution is -0.142. The molecule has 0 aliphatic heterocycles. The van der Waals surface area contributed by atoms with Crippen LogP contribution >= 0.6 is 11.8 Å². The molecule has 0 aliphatic rings. The number of aryl methyl sites for hydroxylation is 2. The molecule has 0 bridgehead atoms. The Balaban J connectivity index is 2.13. The topological polar surface area (TPSA) is 65.2 Å². The van der Waals surface area contributed by atoms with E-state index in [9.17, 15) is 4.79 Å². The molecular weight excluding hydrogens is 288 g/mol. The largest absolute Gasteiger partial charge is 0.465 e. The van der Waals surface area contributed by atoms with Crippen molar-refractivity contribution in [2.24, 2.45) is 0 Å². The van der Waals surface area contributed by atoms with Crippen molar-refractivity contribution in [3.05, 3.63) is 29.3 Å². The smallest absolute Gasteiger partial charge is 0.319 e. The molecule has 0 aliphatic carbocycles. The molecule has 0 N–H and O–H groups in total. The van der Waals surface area contributed by atoms with Gasteiger partial charge in [0.05, 0.1) is 6.61 Å². The first-order valence-electron chi connectivity index (χ1n) is 6.75. The van der Waals surface area contributed by atoms with Gasteiger partial charge in [-0.3, -0.25) is 4.79 Å². The molecule has 5 nitrogen and oxygen atoms in total. The Hall–Kier alpha value is -1.82. The Morgan fingerprint density at radius 1 is 1.38 bits per heavy atom. The van der Waals surface area contributed by atoms with E-state index >= 15 is 0 Å². The molecule has 1 atom stereocenters. The number of ether oxygens (including phenoxy) is 1. The van der Waals surface area contributed by atoms with Crippen molar-refractivity contribution >= 4 is 17.7 Å². The summed E-state index contributed by atoms with van der Waals surface area (Å²) in [5, 5.41) is 8.01. The minimum Gasteiger partial charge on any atom is -0.465 e. The van der Waals surface area contributed by atoms with Crippen LogP contribution in [0.1, 0.15) is 25.0 Å². The Kier molecular flexibility index (Phi) is 5.01. The van der Waals surface area contributed by atoms with Crippen molar-refractivity contribution in [1.82, 2.24) is 10.2 Å². The minimum atomic E-state index is -0.377. The third-order valence-corrected chi connectivity index (χ3v) is 3.83. The Labute approximate surface area is 128 Å². The van der Waals surface area contributed by atoms with Crippen molar-refractivity contribution in [2.45, 2.75) is 38.2 Å². The fourth-order valence-corrected chi connectivity index (χ4v) is 2.56. The number of nitrogens with zero attached hydrogens (tertiary/aromatic N) is 2. The van der Waals surface area contributed by atoms with Crippen LogP contribution in [0.25, 0.3) is 11.5 Å². The van der Waals surface area contributed by atoms with Crippen LogP contribution in [0.15, 0.2) is 27.8 Å². The van der Waals surface area contributed by atoms with Gasteiger partial charge in [-0.05, 0) is 39.3 Å². The second kappa shape index (κ2) is 6.76. The molecule has 2 aromatic rings. The van der Waals surface area contributed by atoms with E-state index in [4.69, 9.17) is 9.15 Å². The van der Waals surface area contributed by atoms with Gasteiger partial charge in [0, 0.05) is 5.56 Å². The van der Waals surface area contributed by atoms with Gasteiger partial charge in [-0.2, -0.15) is 0 Å². The number of rotatable bonds is 5. The monoisotopic (exact) mass is 306 g/mol. The van der Waals surface area contributed by atoms with Gasteiger partial charge in [-0.15, -0.1) is 10.2 Å². The van der Waals surface area contributed by atoms with Gasteiger partial charge in [-0.1, -0.05) is 29.5 Å². The molecule has 0 fully saturated rings. The number of hydrogen-bond donors (Lipinski definition) is 0. The van der Waals surface area contributed by atoms with E-state index in [1.165, 1.54) is 17.3 Å². The number of aromatic nitrogens is 2. The molecule has 6 heteroatoms. The molecule has 1 aromatic heterocycles. The van der Waals surface area contributed by atoms with Gasteiger partial charge in [0.1, 0.15) is 5.25 Å². The van der Waals surface area contributed by atoms with Gasteiger partial charge >= 0.3 is 5.97 Å². The highest BCUT2D eigenvalue weighted by molar-refractivity contribution is 8.00. The lowest BCUT2D eigenvalue weighted by atomic mass is 10.1. The minimum absolute atomic E-state index is 0.284. The summed E-state index contributed by atoms with van der Waals surface area (Å²) in [6.07, 6.45) is 0. The zero-order chi connectivity index (χ0) is 15.4. The zero-order valence-electron chi connectivity index (χ0n) is 12.5. The summed E-state index contributed by atoms with van der Waals surface area (Å²) < 4.78 is 10.6. The van der Waals surface area contributed by atoms with Gasteiger partial charge in [0.15, 0.2) is 0 Å². The number of benzene rings is 1. The second-order valence-corrected chi connectivity index (χ2v) is 6.00. The average molecular weight is 306 g/mol. The van der Waals surface area contributed by atoms with E-state index in [0.29, 0.717) is 17.7 Å². The Morgan fingerprint density at radius 3 is 2.81 bits per heavy atom. The molecule has 2 rings (SSSR count). The average Bonchev–Trinajstić information content (AvgIpc) is 2.87. The summed E-state index contributed by atoms with van der Waals surface area (Å²) in [6, 6.07) is 6.02. The van der Waals surface area contributed by atoms with Gasteiger partial charge in [-0.25, -0.2) is 0 Å². The molecule has 0 saturated heterocycles. The summed E-state index contributed by atoms with van der Waals surface area (Å²) in [6.45, 7) is 7.93. The van der Waals surface area contributed by atoms with Crippen molar-refractivity contribution in [3.8, 4) is 11.5 Å². The highest BCUT2D eigenvalue weighted by Crippen LogP contribution is 2.28. The summed E-state index contributed by atoms with van der Waals surface area (Å²) >= 11 is 1.20. The van der Waals surface area contributed by atoms with E-state index < -0.39 is 0 Å². The third-order valence-electron chi connectivity index (χ3n) is 2.91. The first-order chi connectivity index (χ1) is 10.0. The fourth-order valence-electron chi connectivity index (χ4n) is 1.88. The molecule has 1 heterocycles. The van der Waals surface area contributed by atoms with Gasteiger partial charge in [0.2, 0.25) is 5.89 Å². The zero-order valence-corrected chi connectivity index (χ0v) is 13.4. The van der Waals surface area contributed by atoms with Crippen molar-refractivity contribution in [1.29, 1.82) is 0 Å². The summed E-state index contributed by atoms with van der Waals surface area (Å²) in [5.41, 5.74) is 3.17. The first kappa shape index (κ1) is 15.6. The molecule has 0 radical (unpaired) electrons. The SMILES string of the molecule is CCOC(=O)C(C)Sc1nnc(-c2ccc(C)cc2C)o1. The lowest BCUT2D eigenvalue weighted by Crippen LogP contribution is -2.16. The maximum atomic E-state index is 11.6. The third kappa shape index (κ3) is 3.85. The van der Waals surface area contributed by atoms with Crippen molar-refractivity contribution in [2.75, 3.05) is 6.61 Å². The molecular formula is C15H18N2O3S. The van der Waals surface area contributed by atoms with Crippen LogP contribution < -0.4 is 0 Å². The molecule has 0 saturated carbocycles. The maximum absolute atomic E-state index is 11.6. The van der Waals surface area contributed by atoms with Crippen molar-refractivity contribution < 1.29 is 13.9 Å². The fraction of sp³-hybridized carbons (Fsp3) is 0.400. The van der Waals surface area contributed by atoms with Crippen LogP contribution in [0.5, 0.6) is 0 Å².